The molecule has 0 radical (unpaired) electrons. The molecule has 1 aromatic carbocycles. The fourth-order valence-corrected chi connectivity index (χ4v) is 2.50. The van der Waals surface area contributed by atoms with Crippen LogP contribution in [0.25, 0.3) is 0 Å². The Morgan fingerprint density at radius 2 is 2.00 bits per heavy atom. The topological polar surface area (TPSA) is 61.6 Å². The molecule has 0 heterocycles. The van der Waals surface area contributed by atoms with Crippen LogP contribution in [0.1, 0.15) is 24.3 Å². The Hall–Kier alpha value is -2.18. The van der Waals surface area contributed by atoms with Crippen molar-refractivity contribution >= 4 is 0 Å². The molecular weight excluding hydrogens is 284 g/mol. The van der Waals surface area contributed by atoms with E-state index in [0.717, 1.165) is 0 Å². The Labute approximate surface area is 120 Å². The smallest absolute Gasteiger partial charge is 0.387 e. The first-order chi connectivity index (χ1) is 10.0. The van der Waals surface area contributed by atoms with Crippen LogP contribution in [-0.2, 0) is 0 Å². The summed E-state index contributed by atoms with van der Waals surface area (Å²) in [6.07, 6.45) is 4.45. The lowest BCUT2D eigenvalue weighted by Crippen LogP contribution is -2.28. The van der Waals surface area contributed by atoms with Gasteiger partial charge in [0.2, 0.25) is 6.04 Å². The second-order valence-corrected chi connectivity index (χ2v) is 4.69. The summed E-state index contributed by atoms with van der Waals surface area (Å²) in [4.78, 5) is 10.8. The van der Waals surface area contributed by atoms with Crippen molar-refractivity contribution in [2.24, 2.45) is 0 Å². The van der Waals surface area contributed by atoms with Crippen LogP contribution >= 0.6 is 0 Å². The summed E-state index contributed by atoms with van der Waals surface area (Å²) in [5.41, 5.74) is 0.595. The van der Waals surface area contributed by atoms with Crippen molar-refractivity contribution < 1.29 is 23.2 Å². The third kappa shape index (κ3) is 3.48. The second kappa shape index (κ2) is 6.51. The Morgan fingerprint density at radius 1 is 1.29 bits per heavy atom. The number of rotatable bonds is 5. The highest BCUT2D eigenvalue weighted by Gasteiger charge is 2.33. The first-order valence-corrected chi connectivity index (χ1v) is 6.44. The minimum atomic E-state index is -2.98. The van der Waals surface area contributed by atoms with Gasteiger partial charge in [-0.1, -0.05) is 18.2 Å². The number of benzene rings is 1. The standard InChI is InChI=1S/C14H15F2NO4/c1-20-12-7-6-9(8-13(12)21-14(15)16)10-4-2-3-5-11(10)17(18)19/h2-3,6-8,10-11,14H,4-5H2,1H3/t10-,11+/m0/s1. The molecule has 0 aromatic heterocycles. The Morgan fingerprint density at radius 3 is 2.62 bits per heavy atom. The number of alkyl halides is 2. The first-order valence-electron chi connectivity index (χ1n) is 6.44. The average Bonchev–Trinajstić information content (AvgIpc) is 2.46. The van der Waals surface area contributed by atoms with Gasteiger partial charge < -0.3 is 9.47 Å². The fraction of sp³-hybridized carbons (Fsp3) is 0.429. The van der Waals surface area contributed by atoms with Crippen LogP contribution in [0.2, 0.25) is 0 Å². The number of nitrogens with zero attached hydrogens (tertiary/aromatic N) is 1. The maximum Gasteiger partial charge on any atom is 0.387 e. The quantitative estimate of drug-likeness (QED) is 0.475. The molecule has 0 unspecified atom stereocenters. The minimum absolute atomic E-state index is 0.110. The van der Waals surface area contributed by atoms with Gasteiger partial charge in [-0.3, -0.25) is 10.1 Å². The summed E-state index contributed by atoms with van der Waals surface area (Å²) in [6, 6.07) is 3.77. The van der Waals surface area contributed by atoms with Crippen LogP contribution in [0.3, 0.4) is 0 Å². The van der Waals surface area contributed by atoms with Crippen LogP contribution in [-0.4, -0.2) is 24.7 Å². The monoisotopic (exact) mass is 299 g/mol. The highest BCUT2D eigenvalue weighted by Crippen LogP contribution is 2.37. The van der Waals surface area contributed by atoms with Gasteiger partial charge >= 0.3 is 6.61 Å². The van der Waals surface area contributed by atoms with Crippen molar-refractivity contribution in [3.8, 4) is 11.5 Å². The number of hydrogen-bond acceptors (Lipinski definition) is 4. The van der Waals surface area contributed by atoms with Gasteiger partial charge in [0.15, 0.2) is 11.5 Å². The van der Waals surface area contributed by atoms with Crippen LogP contribution < -0.4 is 9.47 Å². The molecule has 0 bridgehead atoms. The maximum atomic E-state index is 12.4. The molecule has 114 valence electrons. The van der Waals surface area contributed by atoms with Crippen molar-refractivity contribution in [1.29, 1.82) is 0 Å². The van der Waals surface area contributed by atoms with Crippen molar-refractivity contribution in [2.45, 2.75) is 31.4 Å². The van der Waals surface area contributed by atoms with E-state index in [1.807, 2.05) is 6.08 Å². The van der Waals surface area contributed by atoms with Crippen LogP contribution in [0.4, 0.5) is 8.78 Å². The summed E-state index contributed by atoms with van der Waals surface area (Å²) >= 11 is 0. The van der Waals surface area contributed by atoms with E-state index in [4.69, 9.17) is 4.74 Å². The number of halogens is 2. The van der Waals surface area contributed by atoms with Gasteiger partial charge in [-0.15, -0.1) is 0 Å². The molecule has 1 aliphatic rings. The molecule has 1 aromatic rings. The zero-order chi connectivity index (χ0) is 15.4. The van der Waals surface area contributed by atoms with Crippen molar-refractivity contribution in [1.82, 2.24) is 0 Å². The van der Waals surface area contributed by atoms with Gasteiger partial charge in [-0.2, -0.15) is 8.78 Å². The molecule has 21 heavy (non-hydrogen) atoms. The lowest BCUT2D eigenvalue weighted by atomic mass is 9.83. The zero-order valence-corrected chi connectivity index (χ0v) is 11.4. The third-order valence-electron chi connectivity index (χ3n) is 3.50. The van der Waals surface area contributed by atoms with Crippen molar-refractivity contribution in [2.75, 3.05) is 7.11 Å². The van der Waals surface area contributed by atoms with Gasteiger partial charge in [-0.05, 0) is 24.1 Å². The summed E-state index contributed by atoms with van der Waals surface area (Å²) in [5, 5.41) is 11.1. The Bertz CT molecular complexity index is 548. The largest absolute Gasteiger partial charge is 0.493 e. The van der Waals surface area contributed by atoms with E-state index in [2.05, 4.69) is 4.74 Å². The molecular formula is C14H15F2NO4. The van der Waals surface area contributed by atoms with E-state index < -0.39 is 12.7 Å². The molecule has 2 rings (SSSR count). The first kappa shape index (κ1) is 15.2. The van der Waals surface area contributed by atoms with E-state index in [-0.39, 0.29) is 22.3 Å². The zero-order valence-electron chi connectivity index (χ0n) is 11.4. The van der Waals surface area contributed by atoms with E-state index in [9.17, 15) is 18.9 Å². The van der Waals surface area contributed by atoms with Crippen LogP contribution in [0.15, 0.2) is 30.4 Å². The number of methoxy groups -OCH3 is 1. The molecule has 0 amide bonds. The van der Waals surface area contributed by atoms with Crippen molar-refractivity contribution in [3.63, 3.8) is 0 Å². The average molecular weight is 299 g/mol. The lowest BCUT2D eigenvalue weighted by Gasteiger charge is -2.23. The molecule has 0 N–H and O–H groups in total. The SMILES string of the molecule is COc1ccc([C@@H]2CC=CC[C@H]2[N+](=O)[O-])cc1OC(F)F. The molecule has 5 nitrogen and oxygen atoms in total. The van der Waals surface area contributed by atoms with Gasteiger partial charge in [0.1, 0.15) is 0 Å². The summed E-state index contributed by atoms with van der Waals surface area (Å²) in [6.45, 7) is -2.98. The second-order valence-electron chi connectivity index (χ2n) is 4.69. The highest BCUT2D eigenvalue weighted by atomic mass is 19.3. The molecule has 1 aliphatic carbocycles. The molecule has 0 saturated carbocycles. The van der Waals surface area contributed by atoms with Gasteiger partial charge in [0.25, 0.3) is 0 Å². The summed E-state index contributed by atoms with van der Waals surface area (Å²) < 4.78 is 34.2. The Kier molecular flexibility index (Phi) is 4.72. The summed E-state index contributed by atoms with van der Waals surface area (Å²) in [5.74, 6) is -0.305. The lowest BCUT2D eigenvalue weighted by molar-refractivity contribution is -0.526. The van der Waals surface area contributed by atoms with Gasteiger partial charge in [0.05, 0.1) is 13.0 Å². The maximum absolute atomic E-state index is 12.4. The fourth-order valence-electron chi connectivity index (χ4n) is 2.50. The predicted molar refractivity (Wildman–Crippen MR) is 71.5 cm³/mol. The molecule has 0 aliphatic heterocycles. The van der Waals surface area contributed by atoms with Crippen LogP contribution in [0.5, 0.6) is 11.5 Å². The normalized spacial score (nSPS) is 21.3. The van der Waals surface area contributed by atoms with E-state index >= 15 is 0 Å². The Balaban J connectivity index is 2.34. The number of nitro groups is 1. The van der Waals surface area contributed by atoms with Gasteiger partial charge in [-0.25, -0.2) is 0 Å². The molecule has 2 atom stereocenters. The molecule has 7 heteroatoms. The molecule has 0 spiro atoms. The molecule has 0 fully saturated rings. The molecule has 0 saturated heterocycles. The van der Waals surface area contributed by atoms with E-state index in [0.29, 0.717) is 18.4 Å². The highest BCUT2D eigenvalue weighted by molar-refractivity contribution is 5.44. The van der Waals surface area contributed by atoms with Gasteiger partial charge in [0, 0.05) is 11.3 Å². The minimum Gasteiger partial charge on any atom is -0.493 e. The third-order valence-corrected chi connectivity index (χ3v) is 3.50. The van der Waals surface area contributed by atoms with E-state index in [1.54, 1.807) is 12.1 Å². The number of hydrogen-bond donors (Lipinski definition) is 0. The predicted octanol–water partition coefficient (Wildman–Crippen LogP) is 3.38. The van der Waals surface area contributed by atoms with Crippen molar-refractivity contribution in [3.05, 3.63) is 46.0 Å². The number of allylic oxidation sites excluding steroid dienone is 1. The van der Waals surface area contributed by atoms with Crippen LogP contribution in [0, 0.1) is 10.1 Å². The van der Waals surface area contributed by atoms with E-state index in [1.165, 1.54) is 19.2 Å². The number of ether oxygens (including phenoxy) is 2. The summed E-state index contributed by atoms with van der Waals surface area (Å²) in [7, 11) is 1.34.